The van der Waals surface area contributed by atoms with Gasteiger partial charge < -0.3 is 14.9 Å². The molecule has 8 atom stereocenters. The minimum absolute atomic E-state index is 0.0661. The van der Waals surface area contributed by atoms with Gasteiger partial charge in [-0.1, -0.05) is 25.5 Å². The molecule has 7 heteroatoms. The summed E-state index contributed by atoms with van der Waals surface area (Å²) < 4.78 is 23.2. The first kappa shape index (κ1) is 22.9. The number of aliphatic hydroxyl groups is 2. The van der Waals surface area contributed by atoms with Gasteiger partial charge in [0.25, 0.3) is 0 Å². The molecule has 0 spiro atoms. The third-order valence-electron chi connectivity index (χ3n) is 9.91. The summed E-state index contributed by atoms with van der Waals surface area (Å²) >= 11 is 0. The lowest BCUT2D eigenvalue weighted by Crippen LogP contribution is -2.70. The summed E-state index contributed by atoms with van der Waals surface area (Å²) in [6.45, 7) is 4.63. The molecule has 33 heavy (non-hydrogen) atoms. The van der Waals surface area contributed by atoms with Crippen molar-refractivity contribution in [1.82, 2.24) is 0 Å². The van der Waals surface area contributed by atoms with E-state index in [9.17, 15) is 24.6 Å². The predicted octanol–water partition coefficient (Wildman–Crippen LogP) is 2.86. The largest absolute Gasteiger partial charge is 0.450 e. The molecule has 1 unspecified atom stereocenters. The zero-order chi connectivity index (χ0) is 24.0. The second-order valence-corrected chi connectivity index (χ2v) is 11.4. The molecular formula is C26H33FO6. The van der Waals surface area contributed by atoms with Crippen LogP contribution in [0.5, 0.6) is 0 Å². The molecule has 4 saturated carbocycles. The lowest BCUT2D eigenvalue weighted by molar-refractivity contribution is -0.228. The van der Waals surface area contributed by atoms with Crippen molar-refractivity contribution in [2.24, 2.45) is 34.5 Å². The van der Waals surface area contributed by atoms with Gasteiger partial charge in [-0.05, 0) is 63.5 Å². The van der Waals surface area contributed by atoms with Gasteiger partial charge in [-0.15, -0.1) is 0 Å². The quantitative estimate of drug-likeness (QED) is 0.626. The van der Waals surface area contributed by atoms with Gasteiger partial charge in [0.2, 0.25) is 5.78 Å². The smallest absolute Gasteiger partial charge is 0.309 e. The van der Waals surface area contributed by atoms with Gasteiger partial charge in [0.05, 0.1) is 12.0 Å². The zero-order valence-corrected chi connectivity index (χ0v) is 19.5. The number of hydrogen-bond acceptors (Lipinski definition) is 6. The number of carbonyl (C=O) groups excluding carboxylic acids is 3. The van der Waals surface area contributed by atoms with Crippen molar-refractivity contribution in [1.29, 1.82) is 0 Å². The van der Waals surface area contributed by atoms with Gasteiger partial charge in [-0.3, -0.25) is 14.4 Å². The Balaban J connectivity index is 1.61. The number of hydrogen-bond donors (Lipinski definition) is 2. The third-order valence-corrected chi connectivity index (χ3v) is 9.91. The van der Waals surface area contributed by atoms with Crippen LogP contribution < -0.4 is 0 Å². The number of Topliss-reactive ketones (excluding diaryl/α,β-unsaturated/α-hetero) is 1. The number of fused-ring (bicyclic) bond motifs is 5. The standard InChI is InChI=1S/C26H33FO6/c1-14-10-19-18-7-6-16-11-17(29)8-9-23(16,2)25(18,27)20(30)12-24(19,3)26(14,21(31)13-28)33-22(32)15-4-5-15/h8-9,11,14-15,18-20,28,30H,4-7,10,12-13H2,1-3H3/t14-,18+,19+,20+,23+,24+,25?,26+/m1/s1. The predicted molar refractivity (Wildman–Crippen MR) is 117 cm³/mol. The van der Waals surface area contributed by atoms with E-state index in [2.05, 4.69) is 0 Å². The number of halogens is 1. The van der Waals surface area contributed by atoms with Gasteiger partial charge in [-0.25, -0.2) is 4.39 Å². The summed E-state index contributed by atoms with van der Waals surface area (Å²) in [5, 5.41) is 21.3. The van der Waals surface area contributed by atoms with Crippen LogP contribution in [0.1, 0.15) is 59.3 Å². The topological polar surface area (TPSA) is 101 Å². The van der Waals surface area contributed by atoms with E-state index in [4.69, 9.17) is 4.74 Å². The maximum absolute atomic E-state index is 17.2. The molecule has 0 aromatic heterocycles. The summed E-state index contributed by atoms with van der Waals surface area (Å²) in [7, 11) is 0. The molecule has 0 saturated heterocycles. The monoisotopic (exact) mass is 460 g/mol. The van der Waals surface area contributed by atoms with Gasteiger partial charge >= 0.3 is 5.97 Å². The lowest BCUT2D eigenvalue weighted by atomic mass is 9.44. The molecule has 5 rings (SSSR count). The minimum atomic E-state index is -2.02. The molecule has 0 radical (unpaired) electrons. The highest BCUT2D eigenvalue weighted by atomic mass is 19.1. The average molecular weight is 461 g/mol. The van der Waals surface area contributed by atoms with E-state index in [1.807, 2.05) is 13.8 Å². The van der Waals surface area contributed by atoms with E-state index in [1.54, 1.807) is 13.0 Å². The fourth-order valence-electron chi connectivity index (χ4n) is 8.08. The van der Waals surface area contributed by atoms with Gasteiger partial charge in [-0.2, -0.15) is 0 Å². The molecular weight excluding hydrogens is 427 g/mol. The Morgan fingerprint density at radius 2 is 1.91 bits per heavy atom. The minimum Gasteiger partial charge on any atom is -0.450 e. The van der Waals surface area contributed by atoms with Crippen molar-refractivity contribution < 1.29 is 33.7 Å². The summed E-state index contributed by atoms with van der Waals surface area (Å²) in [5.74, 6) is -2.74. The second kappa shape index (κ2) is 7.08. The van der Waals surface area contributed by atoms with Crippen LogP contribution in [0.25, 0.3) is 0 Å². The van der Waals surface area contributed by atoms with Gasteiger partial charge in [0.1, 0.15) is 6.61 Å². The fraction of sp³-hybridized carbons (Fsp3) is 0.731. The molecule has 4 fully saturated rings. The average Bonchev–Trinajstić information content (AvgIpc) is 3.58. The molecule has 0 aromatic rings. The maximum atomic E-state index is 17.2. The number of carbonyl (C=O) groups is 3. The summed E-state index contributed by atoms with van der Waals surface area (Å²) in [6.07, 6.45) is 5.83. The van der Waals surface area contributed by atoms with E-state index in [0.717, 1.165) is 0 Å². The van der Waals surface area contributed by atoms with Crippen LogP contribution in [0, 0.1) is 34.5 Å². The van der Waals surface area contributed by atoms with E-state index in [-0.39, 0.29) is 24.0 Å². The Bertz CT molecular complexity index is 983. The zero-order valence-electron chi connectivity index (χ0n) is 19.5. The summed E-state index contributed by atoms with van der Waals surface area (Å²) in [6, 6.07) is 0. The Kier molecular flexibility index (Phi) is 4.91. The number of rotatable bonds is 4. The first-order chi connectivity index (χ1) is 15.5. The number of ketones is 2. The highest BCUT2D eigenvalue weighted by Crippen LogP contribution is 2.71. The van der Waals surface area contributed by atoms with Crippen molar-refractivity contribution in [2.45, 2.75) is 76.7 Å². The number of alkyl halides is 1. The van der Waals surface area contributed by atoms with Crippen LogP contribution in [0.3, 0.4) is 0 Å². The molecule has 0 aromatic carbocycles. The van der Waals surface area contributed by atoms with Gasteiger partial charge in [0.15, 0.2) is 17.1 Å². The Hall–Kier alpha value is -1.86. The van der Waals surface area contributed by atoms with Crippen LogP contribution in [0.2, 0.25) is 0 Å². The first-order valence-electron chi connectivity index (χ1n) is 12.1. The number of esters is 1. The van der Waals surface area contributed by atoms with Gasteiger partial charge in [0, 0.05) is 22.7 Å². The van der Waals surface area contributed by atoms with E-state index in [1.165, 1.54) is 12.2 Å². The van der Waals surface area contributed by atoms with E-state index in [0.29, 0.717) is 37.7 Å². The van der Waals surface area contributed by atoms with E-state index >= 15 is 4.39 Å². The van der Waals surface area contributed by atoms with Crippen LogP contribution in [0.15, 0.2) is 23.8 Å². The molecule has 5 aliphatic rings. The number of ether oxygens (including phenoxy) is 1. The van der Waals surface area contributed by atoms with Crippen LogP contribution >= 0.6 is 0 Å². The fourth-order valence-corrected chi connectivity index (χ4v) is 8.08. The lowest BCUT2D eigenvalue weighted by Gasteiger charge is -2.62. The van der Waals surface area contributed by atoms with Crippen molar-refractivity contribution >= 4 is 17.5 Å². The molecule has 5 aliphatic carbocycles. The highest BCUT2D eigenvalue weighted by Gasteiger charge is 2.77. The van der Waals surface area contributed by atoms with Crippen molar-refractivity contribution in [2.75, 3.05) is 6.61 Å². The Morgan fingerprint density at radius 3 is 2.55 bits per heavy atom. The van der Waals surface area contributed by atoms with Crippen LogP contribution in [-0.2, 0) is 19.1 Å². The summed E-state index contributed by atoms with van der Waals surface area (Å²) in [4.78, 5) is 38.1. The molecule has 0 aliphatic heterocycles. The SMILES string of the molecule is C[C@@H]1C[C@H]2[C@@H]3CCC4=CC(=O)C=C[C@]4(C)C3(F)[C@@H](O)C[C@]2(C)[C@@]1(OC(=O)C1CC1)C(=O)CO. The molecule has 2 N–H and O–H groups in total. The molecule has 6 nitrogen and oxygen atoms in total. The second-order valence-electron chi connectivity index (χ2n) is 11.4. The van der Waals surface area contributed by atoms with Crippen LogP contribution in [-0.4, -0.2) is 51.7 Å². The molecule has 0 amide bonds. The van der Waals surface area contributed by atoms with Crippen molar-refractivity contribution in [3.63, 3.8) is 0 Å². The molecule has 0 heterocycles. The first-order valence-corrected chi connectivity index (χ1v) is 12.1. The maximum Gasteiger partial charge on any atom is 0.309 e. The normalized spacial score (nSPS) is 48.4. The Labute approximate surface area is 193 Å². The third kappa shape index (κ3) is 2.69. The van der Waals surface area contributed by atoms with Crippen LogP contribution in [0.4, 0.5) is 4.39 Å². The van der Waals surface area contributed by atoms with E-state index < -0.39 is 58.4 Å². The number of aliphatic hydroxyl groups excluding tert-OH is 2. The summed E-state index contributed by atoms with van der Waals surface area (Å²) in [5.41, 5.74) is -5.05. The Morgan fingerprint density at radius 1 is 1.21 bits per heavy atom. The van der Waals surface area contributed by atoms with Crippen molar-refractivity contribution in [3.05, 3.63) is 23.8 Å². The number of allylic oxidation sites excluding steroid dienone is 4. The highest BCUT2D eigenvalue weighted by molar-refractivity contribution is 6.01. The van der Waals surface area contributed by atoms with Crippen molar-refractivity contribution in [3.8, 4) is 0 Å². The molecule has 0 bridgehead atoms. The molecule has 180 valence electrons.